The zero-order valence-electron chi connectivity index (χ0n) is 9.50. The van der Waals surface area contributed by atoms with E-state index in [4.69, 9.17) is 17.0 Å². The van der Waals surface area contributed by atoms with Crippen LogP contribution in [0.2, 0.25) is 0 Å². The predicted octanol–water partition coefficient (Wildman–Crippen LogP) is -0.425. The summed E-state index contributed by atoms with van der Waals surface area (Å²) in [4.78, 5) is 13.0. The van der Waals surface area contributed by atoms with Crippen LogP contribution in [0.25, 0.3) is 0 Å². The first kappa shape index (κ1) is 14.1. The molecular weight excluding hydrogens is 214 g/mol. The van der Waals surface area contributed by atoms with E-state index in [-0.39, 0.29) is 12.5 Å². The third-order valence-corrected chi connectivity index (χ3v) is 2.18. The lowest BCUT2D eigenvalue weighted by atomic mass is 10.5. The molecule has 0 saturated carbocycles. The number of ether oxygens (including phenoxy) is 1. The number of thiocarbonyl (C=S) groups is 1. The summed E-state index contributed by atoms with van der Waals surface area (Å²) in [5.74, 6) is 0.0217. The molecule has 15 heavy (non-hydrogen) atoms. The van der Waals surface area contributed by atoms with E-state index in [9.17, 15) is 4.79 Å². The minimum absolute atomic E-state index is 0.0217. The number of nitrogens with one attached hydrogen (secondary N) is 2. The fraction of sp³-hybridized carbons (Fsp3) is 0.778. The number of likely N-dealkylation sites (N-methyl/N-ethyl adjacent to an activating group) is 1. The van der Waals surface area contributed by atoms with Gasteiger partial charge in [-0.05, 0) is 19.1 Å². The summed E-state index contributed by atoms with van der Waals surface area (Å²) in [5.41, 5.74) is 0. The average molecular weight is 233 g/mol. The zero-order valence-corrected chi connectivity index (χ0v) is 10.3. The molecule has 0 aliphatic heterocycles. The van der Waals surface area contributed by atoms with Crippen molar-refractivity contribution >= 4 is 23.2 Å². The Balaban J connectivity index is 3.57. The van der Waals surface area contributed by atoms with Crippen molar-refractivity contribution in [3.05, 3.63) is 0 Å². The first-order valence-corrected chi connectivity index (χ1v) is 5.27. The molecule has 0 heterocycles. The van der Waals surface area contributed by atoms with Crippen LogP contribution < -0.4 is 10.6 Å². The Morgan fingerprint density at radius 2 is 2.13 bits per heavy atom. The number of nitrogens with zero attached hydrogens (tertiary/aromatic N) is 1. The Morgan fingerprint density at radius 3 is 2.67 bits per heavy atom. The lowest BCUT2D eigenvalue weighted by Crippen LogP contribution is -2.43. The van der Waals surface area contributed by atoms with Gasteiger partial charge in [0.25, 0.3) is 0 Å². The minimum Gasteiger partial charge on any atom is -0.383 e. The van der Waals surface area contributed by atoms with Crippen LogP contribution in [0.4, 0.5) is 0 Å². The summed E-state index contributed by atoms with van der Waals surface area (Å²) in [7, 11) is 3.38. The van der Waals surface area contributed by atoms with Crippen LogP contribution in [0.5, 0.6) is 0 Å². The second-order valence-corrected chi connectivity index (χ2v) is 3.42. The molecule has 0 spiro atoms. The van der Waals surface area contributed by atoms with Crippen LogP contribution in [-0.2, 0) is 9.53 Å². The molecule has 0 fully saturated rings. The van der Waals surface area contributed by atoms with E-state index in [0.717, 1.165) is 0 Å². The van der Waals surface area contributed by atoms with Crippen LogP contribution >= 0.6 is 12.2 Å². The molecule has 6 heteroatoms. The molecule has 0 atom stereocenters. The summed E-state index contributed by atoms with van der Waals surface area (Å²) in [6.45, 7) is 4.07. The summed E-state index contributed by atoms with van der Waals surface area (Å²) < 4.78 is 4.85. The summed E-state index contributed by atoms with van der Waals surface area (Å²) in [6, 6.07) is 0. The molecule has 0 aromatic carbocycles. The molecule has 0 unspecified atom stereocenters. The van der Waals surface area contributed by atoms with Crippen LogP contribution in [0, 0.1) is 0 Å². The second kappa shape index (κ2) is 8.43. The molecule has 0 aliphatic rings. The summed E-state index contributed by atoms with van der Waals surface area (Å²) >= 11 is 4.96. The number of amides is 1. The van der Waals surface area contributed by atoms with Gasteiger partial charge in [0.1, 0.15) is 0 Å². The van der Waals surface area contributed by atoms with Crippen molar-refractivity contribution in [3.63, 3.8) is 0 Å². The number of carbonyl (C=O) groups is 1. The van der Waals surface area contributed by atoms with Crippen molar-refractivity contribution in [2.24, 2.45) is 0 Å². The maximum absolute atomic E-state index is 11.4. The van der Waals surface area contributed by atoms with Gasteiger partial charge in [0.15, 0.2) is 5.11 Å². The molecule has 1 amide bonds. The second-order valence-electron chi connectivity index (χ2n) is 3.01. The van der Waals surface area contributed by atoms with Crippen molar-refractivity contribution in [2.45, 2.75) is 6.92 Å². The fourth-order valence-electron chi connectivity index (χ4n) is 0.796. The maximum atomic E-state index is 11.4. The van der Waals surface area contributed by atoms with Gasteiger partial charge >= 0.3 is 0 Å². The fourth-order valence-corrected chi connectivity index (χ4v) is 0.971. The average Bonchev–Trinajstić information content (AvgIpc) is 2.25. The van der Waals surface area contributed by atoms with Gasteiger partial charge in [0, 0.05) is 27.2 Å². The molecule has 0 aromatic heterocycles. The molecule has 0 bridgehead atoms. The Morgan fingerprint density at radius 1 is 1.47 bits per heavy atom. The van der Waals surface area contributed by atoms with Gasteiger partial charge in [0.2, 0.25) is 5.91 Å². The van der Waals surface area contributed by atoms with Crippen molar-refractivity contribution in [1.82, 2.24) is 15.5 Å². The monoisotopic (exact) mass is 233 g/mol. The smallest absolute Gasteiger partial charge is 0.241 e. The SMILES string of the molecule is CCN(C)C(=O)CNC(=S)NCCOC. The molecule has 0 saturated heterocycles. The van der Waals surface area contributed by atoms with Crippen LogP contribution in [0.1, 0.15) is 6.92 Å². The standard InChI is InChI=1S/C9H19N3O2S/c1-4-12(2)8(13)7-11-9(15)10-5-6-14-3/h4-7H2,1-3H3,(H2,10,11,15). The van der Waals surface area contributed by atoms with Gasteiger partial charge in [-0.15, -0.1) is 0 Å². The van der Waals surface area contributed by atoms with E-state index >= 15 is 0 Å². The molecule has 5 nitrogen and oxygen atoms in total. The number of carbonyl (C=O) groups excluding carboxylic acids is 1. The van der Waals surface area contributed by atoms with Crippen molar-refractivity contribution in [1.29, 1.82) is 0 Å². The minimum atomic E-state index is 0.0217. The van der Waals surface area contributed by atoms with Gasteiger partial charge in [-0.2, -0.15) is 0 Å². The predicted molar refractivity (Wildman–Crippen MR) is 63.8 cm³/mol. The summed E-state index contributed by atoms with van der Waals surface area (Å²) in [5, 5.41) is 6.23. The molecule has 88 valence electrons. The van der Waals surface area contributed by atoms with Crippen LogP contribution in [0.15, 0.2) is 0 Å². The number of rotatable bonds is 6. The number of hydrogen-bond donors (Lipinski definition) is 2. The van der Waals surface area contributed by atoms with Gasteiger partial charge in [-0.1, -0.05) is 0 Å². The normalized spacial score (nSPS) is 9.53. The lowest BCUT2D eigenvalue weighted by molar-refractivity contribution is -0.128. The molecular formula is C9H19N3O2S. The van der Waals surface area contributed by atoms with Crippen molar-refractivity contribution < 1.29 is 9.53 Å². The zero-order chi connectivity index (χ0) is 11.7. The number of hydrogen-bond acceptors (Lipinski definition) is 3. The van der Waals surface area contributed by atoms with E-state index < -0.39 is 0 Å². The molecule has 0 aromatic rings. The van der Waals surface area contributed by atoms with E-state index in [1.807, 2.05) is 6.92 Å². The Kier molecular flexibility index (Phi) is 7.94. The van der Waals surface area contributed by atoms with Gasteiger partial charge in [-0.3, -0.25) is 4.79 Å². The Hall–Kier alpha value is -0.880. The highest BCUT2D eigenvalue weighted by Gasteiger charge is 2.06. The summed E-state index contributed by atoms with van der Waals surface area (Å²) in [6.07, 6.45) is 0. The Bertz CT molecular complexity index is 212. The topological polar surface area (TPSA) is 53.6 Å². The highest BCUT2D eigenvalue weighted by Crippen LogP contribution is 1.81. The first-order chi connectivity index (χ1) is 7.11. The van der Waals surface area contributed by atoms with Gasteiger partial charge in [0.05, 0.1) is 13.2 Å². The quantitative estimate of drug-likeness (QED) is 0.482. The number of methoxy groups -OCH3 is 1. The van der Waals surface area contributed by atoms with Crippen LogP contribution in [-0.4, -0.2) is 56.3 Å². The van der Waals surface area contributed by atoms with Crippen LogP contribution in [0.3, 0.4) is 0 Å². The van der Waals surface area contributed by atoms with Gasteiger partial charge < -0.3 is 20.3 Å². The highest BCUT2D eigenvalue weighted by molar-refractivity contribution is 7.80. The molecule has 0 aliphatic carbocycles. The Labute approximate surface area is 96.2 Å². The van der Waals surface area contributed by atoms with E-state index in [0.29, 0.717) is 24.8 Å². The maximum Gasteiger partial charge on any atom is 0.241 e. The largest absolute Gasteiger partial charge is 0.383 e. The molecule has 0 rings (SSSR count). The van der Waals surface area contributed by atoms with Crippen molar-refractivity contribution in [3.8, 4) is 0 Å². The van der Waals surface area contributed by atoms with E-state index in [2.05, 4.69) is 10.6 Å². The van der Waals surface area contributed by atoms with E-state index in [1.54, 1.807) is 19.1 Å². The lowest BCUT2D eigenvalue weighted by Gasteiger charge is -2.15. The van der Waals surface area contributed by atoms with Crippen molar-refractivity contribution in [2.75, 3.05) is 40.4 Å². The molecule has 2 N–H and O–H groups in total. The highest BCUT2D eigenvalue weighted by atomic mass is 32.1. The van der Waals surface area contributed by atoms with E-state index in [1.165, 1.54) is 0 Å². The third-order valence-electron chi connectivity index (χ3n) is 1.89. The first-order valence-electron chi connectivity index (χ1n) is 4.86. The van der Waals surface area contributed by atoms with Gasteiger partial charge in [-0.25, -0.2) is 0 Å². The third kappa shape index (κ3) is 7.10. The molecule has 0 radical (unpaired) electrons.